The SMILES string of the molecule is Cc1cn(CCC(=O)O)c2c(F)cccc12. The molecule has 0 spiro atoms. The van der Waals surface area contributed by atoms with Gasteiger partial charge in [-0.15, -0.1) is 0 Å². The Kier molecular flexibility index (Phi) is 2.64. The van der Waals surface area contributed by atoms with Crippen molar-refractivity contribution >= 4 is 16.9 Å². The van der Waals surface area contributed by atoms with Crippen LogP contribution in [0.15, 0.2) is 24.4 Å². The number of aromatic nitrogens is 1. The Morgan fingerprint density at radius 1 is 1.50 bits per heavy atom. The lowest BCUT2D eigenvalue weighted by Crippen LogP contribution is -2.04. The summed E-state index contributed by atoms with van der Waals surface area (Å²) in [6, 6.07) is 4.89. The molecule has 0 radical (unpaired) electrons. The van der Waals surface area contributed by atoms with Gasteiger partial charge < -0.3 is 9.67 Å². The van der Waals surface area contributed by atoms with Gasteiger partial charge in [-0.1, -0.05) is 12.1 Å². The first-order valence-corrected chi connectivity index (χ1v) is 5.05. The van der Waals surface area contributed by atoms with Crippen molar-refractivity contribution in [3.05, 3.63) is 35.8 Å². The van der Waals surface area contributed by atoms with Crippen molar-refractivity contribution in [2.45, 2.75) is 19.9 Å². The van der Waals surface area contributed by atoms with Gasteiger partial charge in [0.1, 0.15) is 5.82 Å². The minimum atomic E-state index is -0.879. The number of aryl methyl sites for hydroxylation is 2. The highest BCUT2D eigenvalue weighted by Crippen LogP contribution is 2.23. The zero-order valence-corrected chi connectivity index (χ0v) is 8.90. The number of aliphatic carboxylic acids is 1. The number of hydrogen-bond acceptors (Lipinski definition) is 1. The summed E-state index contributed by atoms with van der Waals surface area (Å²) in [6.45, 7) is 2.18. The predicted molar refractivity (Wildman–Crippen MR) is 58.9 cm³/mol. The van der Waals surface area contributed by atoms with Gasteiger partial charge in [0.15, 0.2) is 0 Å². The summed E-state index contributed by atoms with van der Waals surface area (Å²) in [5.41, 5.74) is 1.45. The van der Waals surface area contributed by atoms with Crippen molar-refractivity contribution in [3.63, 3.8) is 0 Å². The van der Waals surface area contributed by atoms with Gasteiger partial charge in [-0.05, 0) is 18.6 Å². The standard InChI is InChI=1S/C12H12FNO2/c1-8-7-14(6-5-11(15)16)12-9(8)3-2-4-10(12)13/h2-4,7H,5-6H2,1H3,(H,15,16). The molecule has 0 aliphatic rings. The topological polar surface area (TPSA) is 42.2 Å². The molecule has 0 atom stereocenters. The van der Waals surface area contributed by atoms with Crippen LogP contribution in [0.3, 0.4) is 0 Å². The summed E-state index contributed by atoms with van der Waals surface area (Å²) in [7, 11) is 0. The fraction of sp³-hybridized carbons (Fsp3) is 0.250. The van der Waals surface area contributed by atoms with Crippen molar-refractivity contribution in [2.24, 2.45) is 0 Å². The van der Waals surface area contributed by atoms with Gasteiger partial charge in [0, 0.05) is 18.1 Å². The second-order valence-corrected chi connectivity index (χ2v) is 3.79. The zero-order chi connectivity index (χ0) is 11.7. The number of fused-ring (bicyclic) bond motifs is 1. The smallest absolute Gasteiger partial charge is 0.305 e. The minimum absolute atomic E-state index is 0.00243. The first-order chi connectivity index (χ1) is 7.59. The van der Waals surface area contributed by atoms with Crippen LogP contribution in [0.2, 0.25) is 0 Å². The molecule has 0 unspecified atom stereocenters. The second kappa shape index (κ2) is 3.96. The van der Waals surface area contributed by atoms with Crippen LogP contribution in [-0.4, -0.2) is 15.6 Å². The molecule has 1 N–H and O–H groups in total. The lowest BCUT2D eigenvalue weighted by molar-refractivity contribution is -0.137. The largest absolute Gasteiger partial charge is 0.481 e. The molecule has 0 saturated carbocycles. The Balaban J connectivity index is 2.49. The highest BCUT2D eigenvalue weighted by molar-refractivity contribution is 5.84. The maximum atomic E-state index is 13.6. The molecule has 4 heteroatoms. The average Bonchev–Trinajstić information content (AvgIpc) is 2.55. The van der Waals surface area contributed by atoms with Crippen molar-refractivity contribution in [2.75, 3.05) is 0 Å². The van der Waals surface area contributed by atoms with Crippen LogP contribution in [-0.2, 0) is 11.3 Å². The summed E-state index contributed by atoms with van der Waals surface area (Å²) in [5.74, 6) is -1.19. The van der Waals surface area contributed by atoms with E-state index in [2.05, 4.69) is 0 Å². The summed E-state index contributed by atoms with van der Waals surface area (Å²) in [5, 5.41) is 9.45. The Morgan fingerprint density at radius 3 is 2.94 bits per heavy atom. The van der Waals surface area contributed by atoms with Gasteiger partial charge >= 0.3 is 5.97 Å². The number of rotatable bonds is 3. The average molecular weight is 221 g/mol. The Bertz CT molecular complexity index is 545. The number of carboxylic acid groups (broad SMARTS) is 1. The number of carboxylic acids is 1. The van der Waals surface area contributed by atoms with Gasteiger partial charge in [-0.2, -0.15) is 0 Å². The molecule has 0 saturated heterocycles. The first kappa shape index (κ1) is 10.7. The van der Waals surface area contributed by atoms with Crippen LogP contribution in [0.1, 0.15) is 12.0 Å². The van der Waals surface area contributed by atoms with Crippen molar-refractivity contribution in [1.82, 2.24) is 4.57 Å². The number of halogens is 1. The Labute approximate surface area is 92.1 Å². The van der Waals surface area contributed by atoms with Crippen LogP contribution in [0.25, 0.3) is 10.9 Å². The van der Waals surface area contributed by atoms with E-state index in [9.17, 15) is 9.18 Å². The van der Waals surface area contributed by atoms with E-state index in [1.165, 1.54) is 6.07 Å². The van der Waals surface area contributed by atoms with E-state index in [4.69, 9.17) is 5.11 Å². The second-order valence-electron chi connectivity index (χ2n) is 3.79. The van der Waals surface area contributed by atoms with Crippen molar-refractivity contribution in [3.8, 4) is 0 Å². The molecule has 0 aliphatic carbocycles. The molecule has 0 fully saturated rings. The summed E-state index contributed by atoms with van der Waals surface area (Å²) >= 11 is 0. The molecule has 1 aromatic heterocycles. The van der Waals surface area contributed by atoms with Gasteiger partial charge in [0.2, 0.25) is 0 Å². The number of carbonyl (C=O) groups is 1. The molecular formula is C12H12FNO2. The maximum Gasteiger partial charge on any atom is 0.305 e. The van der Waals surface area contributed by atoms with E-state index in [1.54, 1.807) is 16.8 Å². The highest BCUT2D eigenvalue weighted by atomic mass is 19.1. The molecular weight excluding hydrogens is 209 g/mol. The minimum Gasteiger partial charge on any atom is -0.481 e. The zero-order valence-electron chi connectivity index (χ0n) is 8.90. The Morgan fingerprint density at radius 2 is 2.25 bits per heavy atom. The van der Waals surface area contributed by atoms with Gasteiger partial charge in [-0.3, -0.25) is 4.79 Å². The van der Waals surface area contributed by atoms with Crippen LogP contribution >= 0.6 is 0 Å². The quantitative estimate of drug-likeness (QED) is 0.865. The molecule has 0 aliphatic heterocycles. The summed E-state index contributed by atoms with van der Waals surface area (Å²) in [4.78, 5) is 10.5. The molecule has 84 valence electrons. The monoisotopic (exact) mass is 221 g/mol. The lowest BCUT2D eigenvalue weighted by Gasteiger charge is -2.03. The Hall–Kier alpha value is -1.84. The summed E-state index contributed by atoms with van der Waals surface area (Å²) < 4.78 is 15.3. The third-order valence-electron chi connectivity index (χ3n) is 2.61. The molecule has 1 heterocycles. The van der Waals surface area contributed by atoms with E-state index in [1.807, 2.05) is 13.0 Å². The molecule has 0 amide bonds. The lowest BCUT2D eigenvalue weighted by atomic mass is 10.2. The third kappa shape index (κ3) is 1.78. The number of nitrogens with zero attached hydrogens (tertiary/aromatic N) is 1. The normalized spacial score (nSPS) is 10.9. The third-order valence-corrected chi connectivity index (χ3v) is 2.61. The van der Waals surface area contributed by atoms with Crippen LogP contribution in [0.5, 0.6) is 0 Å². The number of para-hydroxylation sites is 1. The van der Waals surface area contributed by atoms with Crippen LogP contribution in [0, 0.1) is 12.7 Å². The molecule has 0 bridgehead atoms. The maximum absolute atomic E-state index is 13.6. The van der Waals surface area contributed by atoms with E-state index < -0.39 is 5.97 Å². The molecule has 2 aromatic rings. The van der Waals surface area contributed by atoms with Gasteiger partial charge in [0.25, 0.3) is 0 Å². The van der Waals surface area contributed by atoms with Crippen molar-refractivity contribution in [1.29, 1.82) is 0 Å². The van der Waals surface area contributed by atoms with Gasteiger partial charge in [0.05, 0.1) is 11.9 Å². The first-order valence-electron chi connectivity index (χ1n) is 5.05. The fourth-order valence-electron chi connectivity index (χ4n) is 1.89. The van der Waals surface area contributed by atoms with Crippen LogP contribution < -0.4 is 0 Å². The van der Waals surface area contributed by atoms with E-state index in [0.717, 1.165) is 10.9 Å². The molecule has 16 heavy (non-hydrogen) atoms. The molecule has 3 nitrogen and oxygen atoms in total. The predicted octanol–water partition coefficient (Wildman–Crippen LogP) is 2.56. The van der Waals surface area contributed by atoms with E-state index in [0.29, 0.717) is 12.1 Å². The van der Waals surface area contributed by atoms with Gasteiger partial charge in [-0.25, -0.2) is 4.39 Å². The van der Waals surface area contributed by atoms with E-state index >= 15 is 0 Å². The fourth-order valence-corrected chi connectivity index (χ4v) is 1.89. The summed E-state index contributed by atoms with van der Waals surface area (Å²) in [6.07, 6.45) is 1.79. The molecule has 2 rings (SSSR count). The van der Waals surface area contributed by atoms with Crippen molar-refractivity contribution < 1.29 is 14.3 Å². The van der Waals surface area contributed by atoms with Crippen LogP contribution in [0.4, 0.5) is 4.39 Å². The number of hydrogen-bond donors (Lipinski definition) is 1. The van der Waals surface area contributed by atoms with E-state index in [-0.39, 0.29) is 12.2 Å². The highest BCUT2D eigenvalue weighted by Gasteiger charge is 2.10. The number of benzene rings is 1. The molecule has 1 aromatic carbocycles.